The third kappa shape index (κ3) is 5.04. The molecule has 1 N–H and O–H groups in total. The molecule has 2 aliphatic carbocycles. The van der Waals surface area contributed by atoms with Gasteiger partial charge in [0.25, 0.3) is 0 Å². The van der Waals surface area contributed by atoms with Crippen LogP contribution in [0.25, 0.3) is 10.9 Å². The molecule has 2 aliphatic rings. The largest absolute Gasteiger partial charge is 0.353 e. The maximum Gasteiger partial charge on any atom is 0.230 e. The smallest absolute Gasteiger partial charge is 0.230 e. The fraction of sp³-hybridized carbons (Fsp3) is 0.565. The highest BCUT2D eigenvalue weighted by Crippen LogP contribution is 2.32. The lowest BCUT2D eigenvalue weighted by Gasteiger charge is -2.22. The minimum absolute atomic E-state index is 0.161. The molecule has 0 spiro atoms. The second-order valence-electron chi connectivity index (χ2n) is 8.19. The number of hydrogen-bond donors (Lipinski definition) is 1. The number of nitrogens with one attached hydrogen (secondary N) is 1. The van der Waals surface area contributed by atoms with Gasteiger partial charge in [0.2, 0.25) is 5.91 Å². The van der Waals surface area contributed by atoms with Crippen LogP contribution in [-0.2, 0) is 11.2 Å². The Hall–Kier alpha value is -1.55. The van der Waals surface area contributed by atoms with Gasteiger partial charge in [0.1, 0.15) is 5.03 Å². The summed E-state index contributed by atoms with van der Waals surface area (Å²) in [6.07, 6.45) is 12.6. The van der Waals surface area contributed by atoms with Gasteiger partial charge >= 0.3 is 0 Å². The molecule has 0 bridgehead atoms. The number of para-hydroxylation sites is 1. The molecule has 1 aromatic carbocycles. The highest BCUT2D eigenvalue weighted by molar-refractivity contribution is 7.99. The number of pyridine rings is 1. The van der Waals surface area contributed by atoms with Gasteiger partial charge in [0.05, 0.1) is 11.3 Å². The average Bonchev–Trinajstić information content (AvgIpc) is 3.20. The standard InChI is InChI=1S/C23H30N2OS/c26-22(24-20-11-2-1-3-12-20)16-27-23-19(14-17-8-4-5-9-17)15-18-10-6-7-13-21(18)25-23/h6-7,10,13,15,17,20H,1-5,8-9,11-12,14,16H2,(H,24,26). The lowest BCUT2D eigenvalue weighted by molar-refractivity contribution is -0.119. The maximum absolute atomic E-state index is 12.4. The predicted octanol–water partition coefficient (Wildman–Crippen LogP) is 5.51. The lowest BCUT2D eigenvalue weighted by atomic mass is 9.95. The summed E-state index contributed by atoms with van der Waals surface area (Å²) >= 11 is 1.62. The van der Waals surface area contributed by atoms with Crippen LogP contribution in [0.2, 0.25) is 0 Å². The van der Waals surface area contributed by atoms with Gasteiger partial charge in [-0.2, -0.15) is 0 Å². The number of rotatable bonds is 6. The zero-order valence-electron chi connectivity index (χ0n) is 16.1. The van der Waals surface area contributed by atoms with E-state index in [1.165, 1.54) is 55.9 Å². The zero-order valence-corrected chi connectivity index (χ0v) is 16.9. The van der Waals surface area contributed by atoms with E-state index in [1.54, 1.807) is 11.8 Å². The van der Waals surface area contributed by atoms with Crippen LogP contribution >= 0.6 is 11.8 Å². The second kappa shape index (κ2) is 9.09. The Balaban J connectivity index is 1.45. The van der Waals surface area contributed by atoms with E-state index in [-0.39, 0.29) is 5.91 Å². The van der Waals surface area contributed by atoms with E-state index in [0.29, 0.717) is 11.8 Å². The Morgan fingerprint density at radius 2 is 1.78 bits per heavy atom. The molecule has 0 aliphatic heterocycles. The number of aromatic nitrogens is 1. The molecule has 0 atom stereocenters. The van der Waals surface area contributed by atoms with Gasteiger partial charge in [-0.15, -0.1) is 0 Å². The van der Waals surface area contributed by atoms with Crippen molar-refractivity contribution >= 4 is 28.6 Å². The van der Waals surface area contributed by atoms with Crippen molar-refractivity contribution in [2.24, 2.45) is 5.92 Å². The third-order valence-corrected chi connectivity index (χ3v) is 7.09. The van der Waals surface area contributed by atoms with Crippen LogP contribution in [0.4, 0.5) is 0 Å². The number of hydrogen-bond acceptors (Lipinski definition) is 3. The summed E-state index contributed by atoms with van der Waals surface area (Å²) in [6, 6.07) is 11.0. The first-order valence-electron chi connectivity index (χ1n) is 10.6. The Morgan fingerprint density at radius 3 is 2.59 bits per heavy atom. The molecule has 0 unspecified atom stereocenters. The van der Waals surface area contributed by atoms with Crippen LogP contribution in [0.3, 0.4) is 0 Å². The quantitative estimate of drug-likeness (QED) is 0.670. The Bertz CT molecular complexity index is 779. The lowest BCUT2D eigenvalue weighted by Crippen LogP contribution is -2.37. The summed E-state index contributed by atoms with van der Waals surface area (Å²) in [5.74, 6) is 1.41. The van der Waals surface area contributed by atoms with Crippen molar-refractivity contribution in [1.82, 2.24) is 10.3 Å². The zero-order chi connectivity index (χ0) is 18.5. The number of nitrogens with zero attached hydrogens (tertiary/aromatic N) is 1. The summed E-state index contributed by atoms with van der Waals surface area (Å²) in [6.45, 7) is 0. The Labute approximate surface area is 166 Å². The van der Waals surface area contributed by atoms with Crippen LogP contribution in [0.1, 0.15) is 63.4 Å². The van der Waals surface area contributed by atoms with E-state index in [4.69, 9.17) is 4.98 Å². The first-order chi connectivity index (χ1) is 13.3. The molecular weight excluding hydrogens is 352 g/mol. The highest BCUT2D eigenvalue weighted by Gasteiger charge is 2.20. The molecule has 2 fully saturated rings. The van der Waals surface area contributed by atoms with Crippen molar-refractivity contribution in [3.63, 3.8) is 0 Å². The topological polar surface area (TPSA) is 42.0 Å². The molecule has 27 heavy (non-hydrogen) atoms. The van der Waals surface area contributed by atoms with Gasteiger partial charge in [0.15, 0.2) is 0 Å². The summed E-state index contributed by atoms with van der Waals surface area (Å²) in [5, 5.41) is 5.50. The minimum Gasteiger partial charge on any atom is -0.353 e. The van der Waals surface area contributed by atoms with E-state index in [1.807, 2.05) is 6.07 Å². The monoisotopic (exact) mass is 382 g/mol. The normalized spacial score (nSPS) is 18.8. The van der Waals surface area contributed by atoms with Crippen LogP contribution in [0.5, 0.6) is 0 Å². The molecule has 4 heteroatoms. The van der Waals surface area contributed by atoms with E-state index in [0.717, 1.165) is 35.7 Å². The van der Waals surface area contributed by atoms with Crippen LogP contribution in [-0.4, -0.2) is 22.7 Å². The van der Waals surface area contributed by atoms with Crippen molar-refractivity contribution in [3.8, 4) is 0 Å². The molecule has 1 heterocycles. The van der Waals surface area contributed by atoms with Gasteiger partial charge in [0, 0.05) is 11.4 Å². The second-order valence-corrected chi connectivity index (χ2v) is 9.16. The fourth-order valence-electron chi connectivity index (χ4n) is 4.59. The van der Waals surface area contributed by atoms with E-state index < -0.39 is 0 Å². The number of carbonyl (C=O) groups is 1. The SMILES string of the molecule is O=C(CSc1nc2ccccc2cc1CC1CCCC1)NC1CCCCC1. The highest BCUT2D eigenvalue weighted by atomic mass is 32.2. The maximum atomic E-state index is 12.4. The van der Waals surface area contributed by atoms with Crippen molar-refractivity contribution < 1.29 is 4.79 Å². The van der Waals surface area contributed by atoms with Crippen molar-refractivity contribution in [2.75, 3.05) is 5.75 Å². The van der Waals surface area contributed by atoms with Crippen molar-refractivity contribution in [3.05, 3.63) is 35.9 Å². The fourth-order valence-corrected chi connectivity index (χ4v) is 5.43. The molecule has 144 valence electrons. The predicted molar refractivity (Wildman–Crippen MR) is 113 cm³/mol. The van der Waals surface area contributed by atoms with Crippen LogP contribution in [0.15, 0.2) is 35.4 Å². The van der Waals surface area contributed by atoms with Crippen LogP contribution in [0, 0.1) is 5.92 Å². The minimum atomic E-state index is 0.161. The first kappa shape index (κ1) is 18.8. The molecule has 1 amide bonds. The van der Waals surface area contributed by atoms with Gasteiger partial charge in [-0.1, -0.05) is 74.9 Å². The molecule has 3 nitrogen and oxygen atoms in total. The summed E-state index contributed by atoms with van der Waals surface area (Å²) in [5.41, 5.74) is 2.36. The molecule has 2 aromatic rings. The number of benzene rings is 1. The van der Waals surface area contributed by atoms with E-state index in [9.17, 15) is 4.79 Å². The van der Waals surface area contributed by atoms with Crippen molar-refractivity contribution in [1.29, 1.82) is 0 Å². The summed E-state index contributed by atoms with van der Waals surface area (Å²) < 4.78 is 0. The Kier molecular flexibility index (Phi) is 6.33. The number of amides is 1. The summed E-state index contributed by atoms with van der Waals surface area (Å²) in [4.78, 5) is 17.4. The molecular formula is C23H30N2OS. The Morgan fingerprint density at radius 1 is 1.04 bits per heavy atom. The van der Waals surface area contributed by atoms with E-state index >= 15 is 0 Å². The number of fused-ring (bicyclic) bond motifs is 1. The number of carbonyl (C=O) groups excluding carboxylic acids is 1. The van der Waals surface area contributed by atoms with Gasteiger partial charge < -0.3 is 5.32 Å². The van der Waals surface area contributed by atoms with E-state index in [2.05, 4.69) is 29.6 Å². The first-order valence-corrected chi connectivity index (χ1v) is 11.6. The molecule has 0 radical (unpaired) electrons. The van der Waals surface area contributed by atoms with Gasteiger partial charge in [-0.05, 0) is 42.9 Å². The van der Waals surface area contributed by atoms with Crippen LogP contribution < -0.4 is 5.32 Å². The average molecular weight is 383 g/mol. The third-order valence-electron chi connectivity index (χ3n) is 6.06. The molecule has 0 saturated heterocycles. The molecule has 4 rings (SSSR count). The summed E-state index contributed by atoms with van der Waals surface area (Å²) in [7, 11) is 0. The molecule has 2 saturated carbocycles. The van der Waals surface area contributed by atoms with Crippen molar-refractivity contribution in [2.45, 2.75) is 75.3 Å². The van der Waals surface area contributed by atoms with Gasteiger partial charge in [-0.25, -0.2) is 4.98 Å². The number of thioether (sulfide) groups is 1. The molecule has 1 aromatic heterocycles. The van der Waals surface area contributed by atoms with Gasteiger partial charge in [-0.3, -0.25) is 4.79 Å².